The number of nitrogens with two attached hydrogens (primary N) is 1. The molecule has 2 saturated heterocycles. The van der Waals surface area contributed by atoms with Crippen molar-refractivity contribution in [3.05, 3.63) is 89.5 Å². The number of para-hydroxylation sites is 2. The fraction of sp³-hybridized carbons (Fsp3) is 0.444. The van der Waals surface area contributed by atoms with E-state index < -0.39 is 6.29 Å². The number of rotatable bonds is 14. The number of aliphatic hydroxyl groups is 1. The number of likely N-dealkylation sites (tertiary alicyclic amines) is 1. The minimum Gasteiger partial charge on any atom is -0.397 e. The lowest BCUT2D eigenvalue weighted by Gasteiger charge is -2.38. The normalized spacial score (nSPS) is 21.6. The maximum absolute atomic E-state index is 12.6. The third kappa shape index (κ3) is 9.37. The molecule has 4 atom stereocenters. The predicted molar refractivity (Wildman–Crippen MR) is 178 cm³/mol. The van der Waals surface area contributed by atoms with E-state index in [9.17, 15) is 14.7 Å². The van der Waals surface area contributed by atoms with Gasteiger partial charge in [-0.2, -0.15) is 0 Å². The zero-order valence-electron chi connectivity index (χ0n) is 26.5. The Kier molecular flexibility index (Phi) is 12.2. The number of anilines is 3. The molecule has 10 heteroatoms. The van der Waals surface area contributed by atoms with Gasteiger partial charge in [-0.1, -0.05) is 48.5 Å². The molecule has 46 heavy (non-hydrogen) atoms. The SMILES string of the molecule is COCC1CCCN1CC1CC(c2ccc(CO)cc2)OC(c2ccc(NC(=O)CCCCC(=O)Nc3ccccc3N)cc2)O1. The average Bonchev–Trinajstić information content (AvgIpc) is 3.50. The number of carbonyl (C=O) groups excluding carboxylic acids is 2. The number of amides is 2. The van der Waals surface area contributed by atoms with Gasteiger partial charge in [-0.3, -0.25) is 14.5 Å². The summed E-state index contributed by atoms with van der Waals surface area (Å²) in [5.41, 5.74) is 10.5. The minimum absolute atomic E-state index is 0.000735. The number of nitrogens with one attached hydrogen (secondary N) is 2. The predicted octanol–water partition coefficient (Wildman–Crippen LogP) is 5.55. The number of benzene rings is 3. The molecule has 3 aromatic rings. The molecule has 2 fully saturated rings. The molecule has 3 aromatic carbocycles. The average molecular weight is 631 g/mol. The van der Waals surface area contributed by atoms with Gasteiger partial charge < -0.3 is 35.7 Å². The van der Waals surface area contributed by atoms with Crippen molar-refractivity contribution < 1.29 is 28.9 Å². The summed E-state index contributed by atoms with van der Waals surface area (Å²) in [6.45, 7) is 2.54. The molecule has 0 spiro atoms. The molecule has 10 nitrogen and oxygen atoms in total. The van der Waals surface area contributed by atoms with Gasteiger partial charge in [-0.25, -0.2) is 0 Å². The van der Waals surface area contributed by atoms with Crippen molar-refractivity contribution in [1.82, 2.24) is 4.90 Å². The molecule has 0 aliphatic carbocycles. The van der Waals surface area contributed by atoms with E-state index in [1.165, 1.54) is 0 Å². The van der Waals surface area contributed by atoms with Gasteiger partial charge in [-0.15, -0.1) is 0 Å². The van der Waals surface area contributed by atoms with Crippen LogP contribution in [-0.2, 0) is 30.4 Å². The third-order valence-corrected chi connectivity index (χ3v) is 8.67. The van der Waals surface area contributed by atoms with Gasteiger partial charge in [0.15, 0.2) is 6.29 Å². The summed E-state index contributed by atoms with van der Waals surface area (Å²) in [6.07, 6.45) is 4.06. The molecule has 0 aromatic heterocycles. The lowest BCUT2D eigenvalue weighted by atomic mass is 9.99. The highest BCUT2D eigenvalue weighted by Crippen LogP contribution is 2.39. The summed E-state index contributed by atoms with van der Waals surface area (Å²) in [5.74, 6) is -0.226. The van der Waals surface area contributed by atoms with E-state index in [0.29, 0.717) is 55.4 Å². The Balaban J connectivity index is 1.14. The van der Waals surface area contributed by atoms with Gasteiger partial charge in [0, 0.05) is 50.2 Å². The van der Waals surface area contributed by atoms with Gasteiger partial charge in [-0.05, 0) is 67.6 Å². The monoisotopic (exact) mass is 630 g/mol. The van der Waals surface area contributed by atoms with Gasteiger partial charge in [0.05, 0.1) is 36.8 Å². The van der Waals surface area contributed by atoms with Crippen LogP contribution in [0.25, 0.3) is 0 Å². The lowest BCUT2D eigenvalue weighted by molar-refractivity contribution is -0.253. The van der Waals surface area contributed by atoms with Crippen LogP contribution in [-0.4, -0.2) is 60.8 Å². The first-order chi connectivity index (χ1) is 22.4. The van der Waals surface area contributed by atoms with E-state index in [0.717, 1.165) is 49.0 Å². The molecule has 2 heterocycles. The Hall–Kier alpha value is -3.80. The van der Waals surface area contributed by atoms with Crippen LogP contribution in [0.4, 0.5) is 17.1 Å². The lowest BCUT2D eigenvalue weighted by Crippen LogP contribution is -2.42. The Bertz CT molecular complexity index is 1420. The van der Waals surface area contributed by atoms with E-state index in [1.54, 1.807) is 19.2 Å². The Morgan fingerprint density at radius 2 is 1.63 bits per heavy atom. The largest absolute Gasteiger partial charge is 0.397 e. The molecule has 2 amide bonds. The molecule has 246 valence electrons. The zero-order chi connectivity index (χ0) is 32.3. The molecule has 2 aliphatic heterocycles. The maximum atomic E-state index is 12.6. The third-order valence-electron chi connectivity index (χ3n) is 8.67. The fourth-order valence-corrected chi connectivity index (χ4v) is 6.15. The number of nitrogens with zero attached hydrogens (tertiary/aromatic N) is 1. The van der Waals surface area contributed by atoms with Crippen molar-refractivity contribution in [1.29, 1.82) is 0 Å². The van der Waals surface area contributed by atoms with Gasteiger partial charge >= 0.3 is 0 Å². The molecule has 0 saturated carbocycles. The highest BCUT2D eigenvalue weighted by Gasteiger charge is 2.35. The number of ether oxygens (including phenoxy) is 3. The molecule has 2 aliphatic rings. The van der Waals surface area contributed by atoms with Crippen molar-refractivity contribution in [2.75, 3.05) is 43.2 Å². The second-order valence-electron chi connectivity index (χ2n) is 12.1. The summed E-state index contributed by atoms with van der Waals surface area (Å²) >= 11 is 0. The molecule has 5 N–H and O–H groups in total. The first-order valence-electron chi connectivity index (χ1n) is 16.2. The topological polar surface area (TPSA) is 135 Å². The quantitative estimate of drug-likeness (QED) is 0.134. The summed E-state index contributed by atoms with van der Waals surface area (Å²) in [4.78, 5) is 27.3. The highest BCUT2D eigenvalue weighted by atomic mass is 16.7. The number of unbranched alkanes of at least 4 members (excludes halogenated alkanes) is 1. The summed E-state index contributed by atoms with van der Waals surface area (Å²) < 4.78 is 18.5. The summed E-state index contributed by atoms with van der Waals surface area (Å²) in [7, 11) is 1.75. The van der Waals surface area contributed by atoms with Gasteiger partial charge in [0.2, 0.25) is 11.8 Å². The van der Waals surface area contributed by atoms with Gasteiger partial charge in [0.25, 0.3) is 0 Å². The van der Waals surface area contributed by atoms with E-state index in [-0.39, 0.29) is 30.6 Å². The second kappa shape index (κ2) is 16.7. The number of hydrogen-bond acceptors (Lipinski definition) is 8. The standard InChI is InChI=1S/C36H46N4O6/c1-44-24-29-7-6-20-40(29)22-30-21-33(26-14-12-25(23-41)13-15-26)46-36(45-30)27-16-18-28(19-17-27)38-34(42)10-4-5-11-35(43)39-32-9-3-2-8-31(32)37/h2-3,8-9,12-19,29-30,33,36,41H,4-7,10-11,20-24,37H2,1H3,(H,38,42)(H,39,43). The molecule has 4 unspecified atom stereocenters. The Morgan fingerprint density at radius 3 is 2.33 bits per heavy atom. The van der Waals surface area contributed by atoms with Crippen LogP contribution >= 0.6 is 0 Å². The Labute approximate surface area is 271 Å². The van der Waals surface area contributed by atoms with Crippen LogP contribution in [0, 0.1) is 0 Å². The first kappa shape index (κ1) is 33.6. The summed E-state index contributed by atoms with van der Waals surface area (Å²) in [5, 5.41) is 15.3. The summed E-state index contributed by atoms with van der Waals surface area (Å²) in [6, 6.07) is 23.0. The van der Waals surface area contributed by atoms with Crippen molar-refractivity contribution in [2.45, 2.75) is 76.1 Å². The van der Waals surface area contributed by atoms with E-state index in [1.807, 2.05) is 60.7 Å². The van der Waals surface area contributed by atoms with Crippen molar-refractivity contribution in [2.24, 2.45) is 0 Å². The first-order valence-corrected chi connectivity index (χ1v) is 16.2. The second-order valence-corrected chi connectivity index (χ2v) is 12.1. The number of carbonyl (C=O) groups is 2. The van der Waals surface area contributed by atoms with E-state index >= 15 is 0 Å². The van der Waals surface area contributed by atoms with Crippen LogP contribution in [0.5, 0.6) is 0 Å². The number of hydrogen-bond donors (Lipinski definition) is 4. The van der Waals surface area contributed by atoms with Crippen LogP contribution in [0.15, 0.2) is 72.8 Å². The number of nitrogen functional groups attached to an aromatic ring is 1. The fourth-order valence-electron chi connectivity index (χ4n) is 6.15. The van der Waals surface area contributed by atoms with Crippen molar-refractivity contribution in [3.63, 3.8) is 0 Å². The van der Waals surface area contributed by atoms with E-state index in [4.69, 9.17) is 19.9 Å². The van der Waals surface area contributed by atoms with Crippen molar-refractivity contribution >= 4 is 28.9 Å². The number of aliphatic hydroxyl groups excluding tert-OH is 1. The van der Waals surface area contributed by atoms with Crippen molar-refractivity contribution in [3.8, 4) is 0 Å². The van der Waals surface area contributed by atoms with Crippen LogP contribution in [0.1, 0.15) is 74.0 Å². The minimum atomic E-state index is -0.563. The van der Waals surface area contributed by atoms with Crippen LogP contribution in [0.2, 0.25) is 0 Å². The zero-order valence-corrected chi connectivity index (χ0v) is 26.5. The molecule has 5 rings (SSSR count). The Morgan fingerprint density at radius 1 is 0.935 bits per heavy atom. The van der Waals surface area contributed by atoms with Crippen LogP contribution < -0.4 is 16.4 Å². The van der Waals surface area contributed by atoms with E-state index in [2.05, 4.69) is 15.5 Å². The number of methoxy groups -OCH3 is 1. The highest BCUT2D eigenvalue weighted by molar-refractivity contribution is 5.94. The molecule has 0 radical (unpaired) electrons. The molecular formula is C36H46N4O6. The smallest absolute Gasteiger partial charge is 0.224 e. The van der Waals surface area contributed by atoms with Gasteiger partial charge in [0.1, 0.15) is 0 Å². The van der Waals surface area contributed by atoms with Crippen LogP contribution in [0.3, 0.4) is 0 Å². The molecule has 0 bridgehead atoms. The maximum Gasteiger partial charge on any atom is 0.224 e. The molecular weight excluding hydrogens is 584 g/mol.